The molecule has 9 heteroatoms. The molecule has 1 atom stereocenters. The molecule has 1 aromatic heterocycles. The third-order valence-electron chi connectivity index (χ3n) is 5.10. The predicted molar refractivity (Wildman–Crippen MR) is 124 cm³/mol. The van der Waals surface area contributed by atoms with Gasteiger partial charge in [-0.3, -0.25) is 14.9 Å². The molecule has 2 aromatic carbocycles. The van der Waals surface area contributed by atoms with Crippen molar-refractivity contribution in [3.8, 4) is 22.8 Å². The molecule has 0 radical (unpaired) electrons. The largest absolute Gasteiger partial charge is 0.496 e. The Hall–Kier alpha value is -4.14. The number of benzene rings is 2. The van der Waals surface area contributed by atoms with Gasteiger partial charge in [-0.25, -0.2) is 5.43 Å². The van der Waals surface area contributed by atoms with Gasteiger partial charge in [0.05, 0.1) is 29.9 Å². The fraction of sp³-hybridized carbons (Fsp3) is 0.250. The average Bonchev–Trinajstić information content (AvgIpc) is 3.30. The van der Waals surface area contributed by atoms with Crippen LogP contribution in [0.5, 0.6) is 11.5 Å². The molecule has 0 saturated heterocycles. The number of non-ortho nitro benzene ring substituents is 1. The van der Waals surface area contributed by atoms with E-state index in [0.29, 0.717) is 34.5 Å². The highest BCUT2D eigenvalue weighted by Gasteiger charge is 2.15. The second kappa shape index (κ2) is 10.9. The SMILES string of the molecule is CCC(C)c1ccc(OCC(=O)N/N=C\c2ccc(-c3ccc([N+](=O)[O-])cc3OC)o2)cc1. The summed E-state index contributed by atoms with van der Waals surface area (Å²) in [6, 6.07) is 15.2. The van der Waals surface area contributed by atoms with Crippen molar-refractivity contribution in [1.29, 1.82) is 0 Å². The molecule has 1 heterocycles. The number of nitro benzene ring substituents is 1. The summed E-state index contributed by atoms with van der Waals surface area (Å²) in [5.74, 6) is 1.80. The number of ether oxygens (including phenoxy) is 2. The molecule has 0 bridgehead atoms. The smallest absolute Gasteiger partial charge is 0.277 e. The zero-order valence-corrected chi connectivity index (χ0v) is 18.6. The van der Waals surface area contributed by atoms with Gasteiger partial charge in [-0.2, -0.15) is 5.10 Å². The quantitative estimate of drug-likeness (QED) is 0.266. The minimum Gasteiger partial charge on any atom is -0.496 e. The highest BCUT2D eigenvalue weighted by Crippen LogP contribution is 2.34. The number of carbonyl (C=O) groups excluding carboxylic acids is 1. The van der Waals surface area contributed by atoms with Crippen LogP contribution in [0.2, 0.25) is 0 Å². The molecule has 172 valence electrons. The number of hydrazone groups is 1. The highest BCUT2D eigenvalue weighted by molar-refractivity contribution is 5.82. The Morgan fingerprint density at radius 2 is 1.97 bits per heavy atom. The second-order valence-corrected chi connectivity index (χ2v) is 7.30. The van der Waals surface area contributed by atoms with E-state index in [-0.39, 0.29) is 12.3 Å². The second-order valence-electron chi connectivity index (χ2n) is 7.30. The van der Waals surface area contributed by atoms with Crippen molar-refractivity contribution in [2.24, 2.45) is 5.10 Å². The lowest BCUT2D eigenvalue weighted by Gasteiger charge is -2.10. The van der Waals surface area contributed by atoms with Crippen LogP contribution >= 0.6 is 0 Å². The molecule has 1 N–H and O–H groups in total. The lowest BCUT2D eigenvalue weighted by atomic mass is 9.99. The zero-order valence-electron chi connectivity index (χ0n) is 18.6. The van der Waals surface area contributed by atoms with Gasteiger partial charge >= 0.3 is 0 Å². The number of amides is 1. The molecule has 3 rings (SSSR count). The van der Waals surface area contributed by atoms with Crippen LogP contribution < -0.4 is 14.9 Å². The van der Waals surface area contributed by atoms with Gasteiger partial charge in [0.2, 0.25) is 0 Å². The lowest BCUT2D eigenvalue weighted by Crippen LogP contribution is -2.24. The van der Waals surface area contributed by atoms with Gasteiger partial charge < -0.3 is 13.9 Å². The topological polar surface area (TPSA) is 116 Å². The zero-order chi connectivity index (χ0) is 23.8. The fourth-order valence-corrected chi connectivity index (χ4v) is 3.04. The summed E-state index contributed by atoms with van der Waals surface area (Å²) in [7, 11) is 1.42. The maximum atomic E-state index is 12.0. The van der Waals surface area contributed by atoms with E-state index < -0.39 is 10.8 Å². The van der Waals surface area contributed by atoms with Gasteiger partial charge in [-0.15, -0.1) is 0 Å². The Morgan fingerprint density at radius 1 is 1.21 bits per heavy atom. The van der Waals surface area contributed by atoms with E-state index in [2.05, 4.69) is 24.4 Å². The van der Waals surface area contributed by atoms with E-state index in [4.69, 9.17) is 13.9 Å². The molecular weight excluding hydrogens is 426 g/mol. The maximum Gasteiger partial charge on any atom is 0.277 e. The number of rotatable bonds is 10. The molecule has 9 nitrogen and oxygen atoms in total. The van der Waals surface area contributed by atoms with Crippen LogP contribution in [0.3, 0.4) is 0 Å². The Labute approximate surface area is 191 Å². The number of hydrogen-bond donors (Lipinski definition) is 1. The van der Waals surface area contributed by atoms with E-state index in [0.717, 1.165) is 6.42 Å². The van der Waals surface area contributed by atoms with Crippen LogP contribution in [0.4, 0.5) is 5.69 Å². The van der Waals surface area contributed by atoms with Gasteiger partial charge in [0, 0.05) is 6.07 Å². The Morgan fingerprint density at radius 3 is 2.64 bits per heavy atom. The van der Waals surface area contributed by atoms with Crippen molar-refractivity contribution < 1.29 is 23.6 Å². The summed E-state index contributed by atoms with van der Waals surface area (Å²) in [6.07, 6.45) is 2.40. The number of hydrogen-bond acceptors (Lipinski definition) is 7. The van der Waals surface area contributed by atoms with E-state index in [1.54, 1.807) is 18.2 Å². The summed E-state index contributed by atoms with van der Waals surface area (Å²) in [5, 5.41) is 14.8. The number of nitrogens with zero attached hydrogens (tertiary/aromatic N) is 2. The minimum absolute atomic E-state index is 0.0830. The third kappa shape index (κ3) is 6.19. The molecule has 3 aromatic rings. The number of furan rings is 1. The van der Waals surface area contributed by atoms with E-state index in [9.17, 15) is 14.9 Å². The molecule has 0 saturated carbocycles. The molecule has 33 heavy (non-hydrogen) atoms. The Bertz CT molecular complexity index is 1140. The van der Waals surface area contributed by atoms with Gasteiger partial charge in [0.25, 0.3) is 11.6 Å². The van der Waals surface area contributed by atoms with Crippen molar-refractivity contribution in [3.05, 3.63) is 76.0 Å². The number of carbonyl (C=O) groups is 1. The van der Waals surface area contributed by atoms with Crippen LogP contribution in [0.1, 0.15) is 37.5 Å². The first-order chi connectivity index (χ1) is 15.9. The first kappa shape index (κ1) is 23.5. The third-order valence-corrected chi connectivity index (χ3v) is 5.10. The number of methoxy groups -OCH3 is 1. The van der Waals surface area contributed by atoms with E-state index in [1.807, 2.05) is 24.3 Å². The molecule has 0 aliphatic rings. The Kier molecular flexibility index (Phi) is 7.80. The maximum absolute atomic E-state index is 12.0. The van der Waals surface area contributed by atoms with Crippen molar-refractivity contribution in [2.75, 3.05) is 13.7 Å². The summed E-state index contributed by atoms with van der Waals surface area (Å²) in [6.45, 7) is 4.12. The molecule has 1 amide bonds. The van der Waals surface area contributed by atoms with Crippen LogP contribution in [0.25, 0.3) is 11.3 Å². The molecular formula is C24H25N3O6. The number of nitro groups is 1. The van der Waals surface area contributed by atoms with Crippen LogP contribution in [0, 0.1) is 10.1 Å². The van der Waals surface area contributed by atoms with Crippen molar-refractivity contribution in [3.63, 3.8) is 0 Å². The molecule has 0 aliphatic heterocycles. The van der Waals surface area contributed by atoms with Gasteiger partial charge in [0.1, 0.15) is 23.0 Å². The Balaban J connectivity index is 1.54. The fourth-order valence-electron chi connectivity index (χ4n) is 3.04. The predicted octanol–water partition coefficient (Wildman–Crippen LogP) is 4.91. The standard InChI is InChI=1S/C24H25N3O6/c1-4-16(2)17-5-8-19(9-6-17)32-15-24(28)26-25-14-20-10-12-22(33-20)21-11-7-18(27(29)30)13-23(21)31-3/h5-14,16H,4,15H2,1-3H3,(H,26,28)/b25-14-. The minimum atomic E-state index is -0.499. The first-order valence-electron chi connectivity index (χ1n) is 10.4. The summed E-state index contributed by atoms with van der Waals surface area (Å²) < 4.78 is 16.4. The summed E-state index contributed by atoms with van der Waals surface area (Å²) in [5.41, 5.74) is 4.07. The highest BCUT2D eigenvalue weighted by atomic mass is 16.6. The van der Waals surface area contributed by atoms with Gasteiger partial charge in [-0.1, -0.05) is 26.0 Å². The molecule has 0 fully saturated rings. The average molecular weight is 451 g/mol. The van der Waals surface area contributed by atoms with E-state index >= 15 is 0 Å². The van der Waals surface area contributed by atoms with Crippen LogP contribution in [-0.4, -0.2) is 30.8 Å². The molecule has 0 spiro atoms. The van der Waals surface area contributed by atoms with Crippen LogP contribution in [-0.2, 0) is 4.79 Å². The van der Waals surface area contributed by atoms with Crippen molar-refractivity contribution in [1.82, 2.24) is 5.43 Å². The van der Waals surface area contributed by atoms with Crippen molar-refractivity contribution >= 4 is 17.8 Å². The van der Waals surface area contributed by atoms with Crippen molar-refractivity contribution in [2.45, 2.75) is 26.2 Å². The lowest BCUT2D eigenvalue weighted by molar-refractivity contribution is -0.384. The van der Waals surface area contributed by atoms with Crippen LogP contribution in [0.15, 0.2) is 64.1 Å². The van der Waals surface area contributed by atoms with Gasteiger partial charge in [-0.05, 0) is 48.2 Å². The van der Waals surface area contributed by atoms with Gasteiger partial charge in [0.15, 0.2) is 6.61 Å². The van der Waals surface area contributed by atoms with E-state index in [1.165, 1.54) is 31.0 Å². The normalized spacial score (nSPS) is 11.8. The monoisotopic (exact) mass is 451 g/mol. The summed E-state index contributed by atoms with van der Waals surface area (Å²) in [4.78, 5) is 22.4. The summed E-state index contributed by atoms with van der Waals surface area (Å²) >= 11 is 0. The first-order valence-corrected chi connectivity index (χ1v) is 10.4. The molecule has 0 aliphatic carbocycles. The number of nitrogens with one attached hydrogen (secondary N) is 1. The molecule has 1 unspecified atom stereocenters.